The second-order valence-corrected chi connectivity index (χ2v) is 4.48. The zero-order valence-corrected chi connectivity index (χ0v) is 9.89. The summed E-state index contributed by atoms with van der Waals surface area (Å²) in [5, 5.41) is 0. The van der Waals surface area contributed by atoms with E-state index in [9.17, 15) is 0 Å². The van der Waals surface area contributed by atoms with Crippen LogP contribution in [-0.2, 0) is 6.54 Å². The molecule has 1 fully saturated rings. The fourth-order valence-electron chi connectivity index (χ4n) is 2.08. The molecule has 1 aromatic rings. The van der Waals surface area contributed by atoms with Crippen LogP contribution in [0.1, 0.15) is 12.0 Å². The van der Waals surface area contributed by atoms with E-state index in [2.05, 4.69) is 27.9 Å². The molecule has 4 nitrogen and oxygen atoms in total. The Balaban J connectivity index is 1.96. The molecule has 1 aromatic heterocycles. The lowest BCUT2D eigenvalue weighted by Gasteiger charge is -2.20. The highest BCUT2D eigenvalue weighted by Gasteiger charge is 2.13. The van der Waals surface area contributed by atoms with E-state index in [1.165, 1.54) is 13.0 Å². The average molecular weight is 220 g/mol. The smallest absolute Gasteiger partial charge is 0.127 e. The van der Waals surface area contributed by atoms with Gasteiger partial charge in [-0.25, -0.2) is 4.98 Å². The number of nitrogens with two attached hydrogens (primary N) is 1. The van der Waals surface area contributed by atoms with E-state index >= 15 is 0 Å². The van der Waals surface area contributed by atoms with Gasteiger partial charge in [0.25, 0.3) is 0 Å². The highest BCUT2D eigenvalue weighted by atomic mass is 15.2. The number of hydrogen-bond acceptors (Lipinski definition) is 4. The molecule has 2 rings (SSSR count). The quantitative estimate of drug-likeness (QED) is 0.801. The van der Waals surface area contributed by atoms with Crippen molar-refractivity contribution in [3.05, 3.63) is 23.9 Å². The van der Waals surface area contributed by atoms with Crippen molar-refractivity contribution < 1.29 is 0 Å². The molecule has 0 aromatic carbocycles. The molecule has 0 bridgehead atoms. The third-order valence-electron chi connectivity index (χ3n) is 3.13. The third-order valence-corrected chi connectivity index (χ3v) is 3.13. The number of hydrogen-bond donors (Lipinski definition) is 1. The Morgan fingerprint density at radius 2 is 2.19 bits per heavy atom. The number of rotatable bonds is 2. The molecule has 0 amide bonds. The van der Waals surface area contributed by atoms with Crippen molar-refractivity contribution >= 4 is 5.82 Å². The number of pyridine rings is 1. The summed E-state index contributed by atoms with van der Waals surface area (Å²) in [6, 6.07) is 4.02. The summed E-state index contributed by atoms with van der Waals surface area (Å²) >= 11 is 0. The van der Waals surface area contributed by atoms with Gasteiger partial charge in [-0.1, -0.05) is 6.07 Å². The molecule has 1 aliphatic rings. The normalized spacial score (nSPS) is 19.6. The van der Waals surface area contributed by atoms with E-state index in [0.29, 0.717) is 5.82 Å². The summed E-state index contributed by atoms with van der Waals surface area (Å²) in [6.07, 6.45) is 2.98. The molecule has 0 radical (unpaired) electrons. The van der Waals surface area contributed by atoms with Crippen LogP contribution in [0.25, 0.3) is 0 Å². The summed E-state index contributed by atoms with van der Waals surface area (Å²) < 4.78 is 0. The number of nitrogens with zero attached hydrogens (tertiary/aromatic N) is 3. The minimum atomic E-state index is 0.667. The van der Waals surface area contributed by atoms with Gasteiger partial charge in [-0.05, 0) is 32.6 Å². The van der Waals surface area contributed by atoms with Gasteiger partial charge < -0.3 is 10.6 Å². The Bertz CT molecular complexity index is 340. The van der Waals surface area contributed by atoms with Gasteiger partial charge in [0.15, 0.2) is 0 Å². The molecule has 2 heterocycles. The van der Waals surface area contributed by atoms with Crippen molar-refractivity contribution in [2.24, 2.45) is 0 Å². The van der Waals surface area contributed by atoms with Crippen LogP contribution < -0.4 is 5.73 Å². The van der Waals surface area contributed by atoms with Crippen LogP contribution in [0.2, 0.25) is 0 Å². The fraction of sp³-hybridized carbons (Fsp3) is 0.583. The van der Waals surface area contributed by atoms with Gasteiger partial charge in [0.2, 0.25) is 0 Å². The first kappa shape index (κ1) is 11.4. The van der Waals surface area contributed by atoms with Gasteiger partial charge in [0.1, 0.15) is 5.82 Å². The largest absolute Gasteiger partial charge is 0.383 e. The van der Waals surface area contributed by atoms with Crippen LogP contribution in [-0.4, -0.2) is 48.0 Å². The number of aromatic nitrogens is 1. The Kier molecular flexibility index (Phi) is 3.74. The molecule has 2 N–H and O–H groups in total. The molecule has 1 saturated heterocycles. The molecular formula is C12H20N4. The van der Waals surface area contributed by atoms with Crippen LogP contribution in [0.5, 0.6) is 0 Å². The molecule has 1 aliphatic heterocycles. The van der Waals surface area contributed by atoms with Crippen molar-refractivity contribution in [2.45, 2.75) is 13.0 Å². The minimum Gasteiger partial charge on any atom is -0.383 e. The lowest BCUT2D eigenvalue weighted by molar-refractivity contribution is 0.269. The number of likely N-dealkylation sites (N-methyl/N-ethyl adjacent to an activating group) is 1. The van der Waals surface area contributed by atoms with Crippen molar-refractivity contribution in [1.82, 2.24) is 14.8 Å². The van der Waals surface area contributed by atoms with Gasteiger partial charge in [-0.3, -0.25) is 4.90 Å². The highest BCUT2D eigenvalue weighted by molar-refractivity contribution is 5.38. The monoisotopic (exact) mass is 220 g/mol. The third kappa shape index (κ3) is 2.93. The molecule has 4 heteroatoms. The van der Waals surface area contributed by atoms with E-state index in [0.717, 1.165) is 31.7 Å². The van der Waals surface area contributed by atoms with Crippen LogP contribution in [0.15, 0.2) is 18.3 Å². The van der Waals surface area contributed by atoms with E-state index in [-0.39, 0.29) is 0 Å². The fourth-order valence-corrected chi connectivity index (χ4v) is 2.08. The van der Waals surface area contributed by atoms with E-state index in [1.54, 1.807) is 6.20 Å². The van der Waals surface area contributed by atoms with Crippen molar-refractivity contribution in [1.29, 1.82) is 0 Å². The zero-order valence-electron chi connectivity index (χ0n) is 9.89. The minimum absolute atomic E-state index is 0.667. The summed E-state index contributed by atoms with van der Waals surface area (Å²) in [4.78, 5) is 8.96. The highest BCUT2D eigenvalue weighted by Crippen LogP contribution is 2.12. The van der Waals surface area contributed by atoms with Crippen molar-refractivity contribution in [2.75, 3.05) is 39.0 Å². The number of anilines is 1. The van der Waals surface area contributed by atoms with Gasteiger partial charge in [0.05, 0.1) is 0 Å². The summed E-state index contributed by atoms with van der Waals surface area (Å²) in [5.41, 5.74) is 7.00. The predicted octanol–water partition coefficient (Wildman–Crippen LogP) is 0.801. The lowest BCUT2D eigenvalue weighted by atomic mass is 10.2. The number of nitrogen functional groups attached to an aromatic ring is 1. The lowest BCUT2D eigenvalue weighted by Crippen LogP contribution is -2.28. The molecule has 16 heavy (non-hydrogen) atoms. The first-order chi connectivity index (χ1) is 7.75. The standard InChI is InChI=1S/C12H20N4/c1-15-6-3-7-16(9-8-15)10-11-4-2-5-14-12(11)13/h2,4-5H,3,6-10H2,1H3,(H2,13,14). The van der Waals surface area contributed by atoms with E-state index in [1.807, 2.05) is 6.07 Å². The molecule has 0 spiro atoms. The maximum Gasteiger partial charge on any atom is 0.127 e. The Morgan fingerprint density at radius 1 is 1.31 bits per heavy atom. The van der Waals surface area contributed by atoms with Crippen LogP contribution in [0.3, 0.4) is 0 Å². The second-order valence-electron chi connectivity index (χ2n) is 4.48. The summed E-state index contributed by atoms with van der Waals surface area (Å²) in [5.74, 6) is 0.667. The maximum atomic E-state index is 5.86. The molecule has 88 valence electrons. The summed E-state index contributed by atoms with van der Waals surface area (Å²) in [6.45, 7) is 5.52. The maximum absolute atomic E-state index is 5.86. The van der Waals surface area contributed by atoms with Crippen molar-refractivity contribution in [3.8, 4) is 0 Å². The summed E-state index contributed by atoms with van der Waals surface area (Å²) in [7, 11) is 2.18. The SMILES string of the molecule is CN1CCCN(Cc2cccnc2N)CC1. The van der Waals surface area contributed by atoms with Gasteiger partial charge >= 0.3 is 0 Å². The molecule has 0 unspecified atom stereocenters. The van der Waals surface area contributed by atoms with Crippen LogP contribution in [0.4, 0.5) is 5.82 Å². The van der Waals surface area contributed by atoms with Gasteiger partial charge in [-0.2, -0.15) is 0 Å². The Labute approximate surface area is 97.1 Å². The van der Waals surface area contributed by atoms with E-state index < -0.39 is 0 Å². The first-order valence-electron chi connectivity index (χ1n) is 5.86. The Morgan fingerprint density at radius 3 is 3.00 bits per heavy atom. The topological polar surface area (TPSA) is 45.4 Å². The van der Waals surface area contributed by atoms with Crippen LogP contribution in [0, 0.1) is 0 Å². The molecule has 0 aliphatic carbocycles. The predicted molar refractivity (Wildman–Crippen MR) is 66.0 cm³/mol. The first-order valence-corrected chi connectivity index (χ1v) is 5.86. The van der Waals surface area contributed by atoms with E-state index in [4.69, 9.17) is 5.73 Å². The molecule has 0 atom stereocenters. The molecular weight excluding hydrogens is 200 g/mol. The van der Waals surface area contributed by atoms with Gasteiger partial charge in [0, 0.05) is 31.4 Å². The molecule has 0 saturated carbocycles. The van der Waals surface area contributed by atoms with Crippen molar-refractivity contribution in [3.63, 3.8) is 0 Å². The second kappa shape index (κ2) is 5.27. The zero-order chi connectivity index (χ0) is 11.4. The van der Waals surface area contributed by atoms with Crippen LogP contribution >= 0.6 is 0 Å². The Hall–Kier alpha value is -1.13. The average Bonchev–Trinajstić information content (AvgIpc) is 2.47. The van der Waals surface area contributed by atoms with Gasteiger partial charge in [-0.15, -0.1) is 0 Å².